The first-order valence-electron chi connectivity index (χ1n) is 4.97. The molecule has 2 nitrogen and oxygen atoms in total. The third kappa shape index (κ3) is 1.70. The van der Waals surface area contributed by atoms with Crippen molar-refractivity contribution in [3.63, 3.8) is 0 Å². The van der Waals surface area contributed by atoms with Gasteiger partial charge in [0, 0.05) is 27.2 Å². The van der Waals surface area contributed by atoms with E-state index in [4.69, 9.17) is 5.73 Å². The Kier molecular flexibility index (Phi) is 2.39. The van der Waals surface area contributed by atoms with Crippen molar-refractivity contribution >= 4 is 15.9 Å². The quantitative estimate of drug-likeness (QED) is 0.841. The maximum absolute atomic E-state index is 13.6. The number of nitrogens with zero attached hydrogens (tertiary/aromatic N) is 1. The number of nitrogens with two attached hydrogens (primary N) is 1. The Balaban J connectivity index is 2.50. The minimum absolute atomic E-state index is 0.228. The Labute approximate surface area is 97.2 Å². The van der Waals surface area contributed by atoms with E-state index in [9.17, 15) is 4.39 Å². The van der Waals surface area contributed by atoms with Gasteiger partial charge < -0.3 is 5.73 Å². The molecule has 1 aliphatic carbocycles. The zero-order valence-electron chi connectivity index (χ0n) is 8.85. The molecule has 1 heterocycles. The molecule has 0 aliphatic heterocycles. The van der Waals surface area contributed by atoms with E-state index < -0.39 is 11.5 Å². The average Bonchev–Trinajstić information content (AvgIpc) is 2.88. The minimum Gasteiger partial charge on any atom is -0.325 e. The number of aromatic nitrogens is 1. The van der Waals surface area contributed by atoms with Crippen LogP contribution < -0.4 is 5.73 Å². The summed E-state index contributed by atoms with van der Waals surface area (Å²) in [5.74, 6) is -0.394. The second-order valence-corrected chi connectivity index (χ2v) is 5.71. The van der Waals surface area contributed by atoms with Crippen LogP contribution >= 0.6 is 15.9 Å². The van der Waals surface area contributed by atoms with Crippen molar-refractivity contribution < 1.29 is 4.39 Å². The molecule has 1 aromatic heterocycles. The van der Waals surface area contributed by atoms with Crippen molar-refractivity contribution in [3.05, 3.63) is 28.2 Å². The van der Waals surface area contributed by atoms with Crippen LogP contribution in [-0.2, 0) is 5.41 Å². The lowest BCUT2D eigenvalue weighted by Gasteiger charge is -2.31. The van der Waals surface area contributed by atoms with Crippen LogP contribution in [0.25, 0.3) is 0 Å². The molecule has 4 heteroatoms. The molecule has 0 saturated heterocycles. The van der Waals surface area contributed by atoms with Crippen molar-refractivity contribution in [2.45, 2.75) is 37.6 Å². The lowest BCUT2D eigenvalue weighted by Crippen LogP contribution is -2.45. The van der Waals surface area contributed by atoms with E-state index in [1.54, 1.807) is 6.07 Å². The van der Waals surface area contributed by atoms with E-state index in [1.807, 2.05) is 13.8 Å². The highest BCUT2D eigenvalue weighted by Crippen LogP contribution is 2.55. The van der Waals surface area contributed by atoms with Crippen molar-refractivity contribution in [1.82, 2.24) is 4.98 Å². The van der Waals surface area contributed by atoms with Gasteiger partial charge in [0.2, 0.25) is 5.95 Å². The first-order valence-corrected chi connectivity index (χ1v) is 5.76. The normalized spacial score (nSPS) is 19.0. The molecule has 1 aliphatic rings. The van der Waals surface area contributed by atoms with Gasteiger partial charge in [0.1, 0.15) is 0 Å². The van der Waals surface area contributed by atoms with Crippen LogP contribution in [0.3, 0.4) is 0 Å². The Bertz CT molecular complexity index is 394. The van der Waals surface area contributed by atoms with Gasteiger partial charge in [-0.15, -0.1) is 0 Å². The largest absolute Gasteiger partial charge is 0.325 e. The van der Waals surface area contributed by atoms with Crippen LogP contribution in [0.4, 0.5) is 4.39 Å². The predicted octanol–water partition coefficient (Wildman–Crippen LogP) is 2.75. The predicted molar refractivity (Wildman–Crippen MR) is 61.1 cm³/mol. The minimum atomic E-state index is -0.406. The van der Waals surface area contributed by atoms with Crippen molar-refractivity contribution in [1.29, 1.82) is 0 Å². The molecular formula is C11H14BrFN2. The van der Waals surface area contributed by atoms with E-state index in [0.29, 0.717) is 5.56 Å². The second-order valence-electron chi connectivity index (χ2n) is 4.80. The molecule has 1 aromatic rings. The van der Waals surface area contributed by atoms with Crippen LogP contribution in [0.1, 0.15) is 32.3 Å². The third-order valence-electron chi connectivity index (χ3n) is 3.30. The van der Waals surface area contributed by atoms with Crippen LogP contribution in [0.5, 0.6) is 0 Å². The molecule has 82 valence electrons. The number of rotatable bonds is 2. The van der Waals surface area contributed by atoms with Crippen LogP contribution in [0, 0.1) is 5.95 Å². The molecule has 0 bridgehead atoms. The van der Waals surface area contributed by atoms with E-state index in [2.05, 4.69) is 20.9 Å². The fourth-order valence-electron chi connectivity index (χ4n) is 2.14. The van der Waals surface area contributed by atoms with E-state index >= 15 is 0 Å². The molecule has 0 amide bonds. The highest BCUT2D eigenvalue weighted by Gasteiger charge is 2.55. The second kappa shape index (κ2) is 3.25. The van der Waals surface area contributed by atoms with Crippen molar-refractivity contribution in [3.8, 4) is 0 Å². The lowest BCUT2D eigenvalue weighted by molar-refractivity contribution is 0.374. The molecule has 1 saturated carbocycles. The smallest absolute Gasteiger partial charge is 0.216 e. The first-order chi connectivity index (χ1) is 6.87. The van der Waals surface area contributed by atoms with Crippen molar-refractivity contribution in [2.24, 2.45) is 5.73 Å². The Morgan fingerprint density at radius 3 is 2.60 bits per heavy atom. The Morgan fingerprint density at radius 1 is 1.53 bits per heavy atom. The summed E-state index contributed by atoms with van der Waals surface area (Å²) in [5, 5.41) is 0. The standard InChI is InChI=1S/C11H14BrFN2/c1-10(2,14)11(3-4-11)8-5-7(12)6-15-9(8)13/h5-6H,3-4,14H2,1-2H3. The van der Waals surface area contributed by atoms with E-state index in [0.717, 1.165) is 17.3 Å². The average molecular weight is 273 g/mol. The molecular weight excluding hydrogens is 259 g/mol. The van der Waals surface area contributed by atoms with Gasteiger partial charge in [-0.25, -0.2) is 4.98 Å². The van der Waals surface area contributed by atoms with Gasteiger partial charge in [0.25, 0.3) is 0 Å². The summed E-state index contributed by atoms with van der Waals surface area (Å²) in [7, 11) is 0. The lowest BCUT2D eigenvalue weighted by atomic mass is 9.80. The molecule has 0 unspecified atom stereocenters. The zero-order chi connectivity index (χ0) is 11.3. The molecule has 0 spiro atoms. The van der Waals surface area contributed by atoms with E-state index in [-0.39, 0.29) is 5.41 Å². The highest BCUT2D eigenvalue weighted by atomic mass is 79.9. The summed E-state index contributed by atoms with van der Waals surface area (Å²) in [5.41, 5.74) is 6.13. The molecule has 0 aromatic carbocycles. The van der Waals surface area contributed by atoms with Gasteiger partial charge in [-0.2, -0.15) is 4.39 Å². The fourth-order valence-corrected chi connectivity index (χ4v) is 2.48. The Morgan fingerprint density at radius 2 is 2.13 bits per heavy atom. The summed E-state index contributed by atoms with van der Waals surface area (Å²) in [6.45, 7) is 3.89. The van der Waals surface area contributed by atoms with Gasteiger partial charge in [-0.1, -0.05) is 0 Å². The molecule has 0 radical (unpaired) electrons. The van der Waals surface area contributed by atoms with Gasteiger partial charge in [-0.05, 0) is 48.7 Å². The van der Waals surface area contributed by atoms with E-state index in [1.165, 1.54) is 6.20 Å². The summed E-state index contributed by atoms with van der Waals surface area (Å²) in [4.78, 5) is 3.73. The number of hydrogen-bond donors (Lipinski definition) is 1. The topological polar surface area (TPSA) is 38.9 Å². The van der Waals surface area contributed by atoms with Gasteiger partial charge in [-0.3, -0.25) is 0 Å². The molecule has 2 N–H and O–H groups in total. The number of halogens is 2. The monoisotopic (exact) mass is 272 g/mol. The number of pyridine rings is 1. The van der Waals surface area contributed by atoms with Gasteiger partial charge in [0.15, 0.2) is 0 Å². The molecule has 15 heavy (non-hydrogen) atoms. The summed E-state index contributed by atoms with van der Waals surface area (Å²) in [6.07, 6.45) is 3.34. The first kappa shape index (κ1) is 11.0. The fraction of sp³-hybridized carbons (Fsp3) is 0.545. The third-order valence-corrected chi connectivity index (χ3v) is 3.74. The molecule has 0 atom stereocenters. The Hall–Kier alpha value is -0.480. The summed E-state index contributed by atoms with van der Waals surface area (Å²) >= 11 is 3.31. The summed E-state index contributed by atoms with van der Waals surface area (Å²) < 4.78 is 14.4. The summed E-state index contributed by atoms with van der Waals surface area (Å²) in [6, 6.07) is 1.80. The zero-order valence-corrected chi connectivity index (χ0v) is 10.4. The van der Waals surface area contributed by atoms with Crippen LogP contribution in [-0.4, -0.2) is 10.5 Å². The number of hydrogen-bond acceptors (Lipinski definition) is 2. The van der Waals surface area contributed by atoms with Gasteiger partial charge >= 0.3 is 0 Å². The van der Waals surface area contributed by atoms with Gasteiger partial charge in [0.05, 0.1) is 0 Å². The maximum atomic E-state index is 13.6. The van der Waals surface area contributed by atoms with Crippen LogP contribution in [0.15, 0.2) is 16.7 Å². The SMILES string of the molecule is CC(C)(N)C1(c2cc(Br)cnc2F)CC1. The molecule has 2 rings (SSSR count). The molecule has 1 fully saturated rings. The van der Waals surface area contributed by atoms with Crippen molar-refractivity contribution in [2.75, 3.05) is 0 Å². The highest BCUT2D eigenvalue weighted by molar-refractivity contribution is 9.10. The maximum Gasteiger partial charge on any atom is 0.216 e. The van der Waals surface area contributed by atoms with Crippen LogP contribution in [0.2, 0.25) is 0 Å².